The van der Waals surface area contributed by atoms with Gasteiger partial charge in [-0.25, -0.2) is 9.97 Å². The smallest absolute Gasteiger partial charge is 0.222 e. The van der Waals surface area contributed by atoms with Crippen LogP contribution >= 0.6 is 24.0 Å². The molecule has 1 fully saturated rings. The maximum absolute atomic E-state index is 5.75. The third-order valence-corrected chi connectivity index (χ3v) is 2.99. The SMILES string of the molecule is CN(Cc1ccnc(Cl)n1)CC1CCCN1.Cl. The molecule has 96 valence electrons. The summed E-state index contributed by atoms with van der Waals surface area (Å²) in [5.74, 6) is 0. The Kier molecular flexibility index (Phi) is 6.12. The number of nitrogens with one attached hydrogen (secondary N) is 1. The molecule has 6 heteroatoms. The maximum atomic E-state index is 5.75. The van der Waals surface area contributed by atoms with Gasteiger partial charge in [-0.05, 0) is 44.1 Å². The van der Waals surface area contributed by atoms with E-state index in [0.717, 1.165) is 25.3 Å². The number of hydrogen-bond acceptors (Lipinski definition) is 4. The molecule has 0 radical (unpaired) electrons. The van der Waals surface area contributed by atoms with Gasteiger partial charge in [0.05, 0.1) is 5.69 Å². The fourth-order valence-electron chi connectivity index (χ4n) is 2.09. The van der Waals surface area contributed by atoms with E-state index >= 15 is 0 Å². The first-order valence-corrected chi connectivity index (χ1v) is 6.01. The van der Waals surface area contributed by atoms with Crippen molar-refractivity contribution in [2.75, 3.05) is 20.1 Å². The summed E-state index contributed by atoms with van der Waals surface area (Å²) in [6, 6.07) is 2.53. The molecule has 0 amide bonds. The summed E-state index contributed by atoms with van der Waals surface area (Å²) < 4.78 is 0. The fraction of sp³-hybridized carbons (Fsp3) is 0.636. The minimum absolute atomic E-state index is 0. The van der Waals surface area contributed by atoms with Crippen molar-refractivity contribution in [2.24, 2.45) is 0 Å². The van der Waals surface area contributed by atoms with Gasteiger partial charge in [0.25, 0.3) is 0 Å². The van der Waals surface area contributed by atoms with Crippen molar-refractivity contribution in [2.45, 2.75) is 25.4 Å². The Bertz CT molecular complexity index is 342. The van der Waals surface area contributed by atoms with Gasteiger partial charge >= 0.3 is 0 Å². The van der Waals surface area contributed by atoms with Crippen molar-refractivity contribution < 1.29 is 0 Å². The molecule has 0 bridgehead atoms. The minimum Gasteiger partial charge on any atom is -0.313 e. The molecule has 0 saturated carbocycles. The molecule has 1 aromatic heterocycles. The number of rotatable bonds is 4. The number of likely N-dealkylation sites (N-methyl/N-ethyl adjacent to an activating group) is 1. The van der Waals surface area contributed by atoms with Crippen LogP contribution in [0.5, 0.6) is 0 Å². The highest BCUT2D eigenvalue weighted by Crippen LogP contribution is 2.08. The molecule has 1 aliphatic rings. The number of nitrogens with zero attached hydrogens (tertiary/aromatic N) is 3. The normalized spacial score (nSPS) is 19.4. The minimum atomic E-state index is 0. The molecule has 4 nitrogen and oxygen atoms in total. The quantitative estimate of drug-likeness (QED) is 0.851. The Hall–Kier alpha value is -0.420. The number of hydrogen-bond donors (Lipinski definition) is 1. The van der Waals surface area contributed by atoms with E-state index in [1.807, 2.05) is 6.07 Å². The standard InChI is InChI=1S/C11H17ClN4.ClH/c1-16(7-9-3-2-5-13-9)8-10-4-6-14-11(12)15-10;/h4,6,9,13H,2-3,5,7-8H2,1H3;1H. The van der Waals surface area contributed by atoms with Gasteiger partial charge < -0.3 is 5.32 Å². The van der Waals surface area contributed by atoms with Gasteiger partial charge in [-0.1, -0.05) is 0 Å². The number of halogens is 2. The number of aromatic nitrogens is 2. The highest BCUT2D eigenvalue weighted by Gasteiger charge is 2.16. The molecule has 2 heterocycles. The van der Waals surface area contributed by atoms with Crippen LogP contribution in [0.2, 0.25) is 5.28 Å². The zero-order chi connectivity index (χ0) is 11.4. The van der Waals surface area contributed by atoms with Crippen LogP contribution in [-0.2, 0) is 6.54 Å². The van der Waals surface area contributed by atoms with Crippen LogP contribution in [0.15, 0.2) is 12.3 Å². The monoisotopic (exact) mass is 276 g/mol. The van der Waals surface area contributed by atoms with Gasteiger partial charge in [-0.2, -0.15) is 0 Å². The molecule has 1 aromatic rings. The van der Waals surface area contributed by atoms with E-state index in [1.165, 1.54) is 12.8 Å². The van der Waals surface area contributed by atoms with E-state index in [4.69, 9.17) is 11.6 Å². The summed E-state index contributed by atoms with van der Waals surface area (Å²) in [6.45, 7) is 3.03. The van der Waals surface area contributed by atoms with Gasteiger partial charge in [0.15, 0.2) is 0 Å². The lowest BCUT2D eigenvalue weighted by atomic mass is 10.2. The van der Waals surface area contributed by atoms with Gasteiger partial charge in [0, 0.05) is 25.3 Å². The lowest BCUT2D eigenvalue weighted by Gasteiger charge is -2.20. The van der Waals surface area contributed by atoms with Crippen LogP contribution in [0.25, 0.3) is 0 Å². The molecule has 1 saturated heterocycles. The average Bonchev–Trinajstić information content (AvgIpc) is 2.70. The second kappa shape index (κ2) is 7.11. The summed E-state index contributed by atoms with van der Waals surface area (Å²) in [7, 11) is 2.11. The predicted octanol–water partition coefficient (Wildman–Crippen LogP) is 1.74. The second-order valence-electron chi connectivity index (χ2n) is 4.31. The fourth-order valence-corrected chi connectivity index (χ4v) is 2.25. The first-order chi connectivity index (χ1) is 7.74. The van der Waals surface area contributed by atoms with Crippen molar-refractivity contribution in [3.8, 4) is 0 Å². The van der Waals surface area contributed by atoms with Crippen LogP contribution in [0.4, 0.5) is 0 Å². The van der Waals surface area contributed by atoms with Crippen LogP contribution in [0.3, 0.4) is 0 Å². The molecule has 0 spiro atoms. The maximum Gasteiger partial charge on any atom is 0.222 e. The Balaban J connectivity index is 0.00000144. The van der Waals surface area contributed by atoms with E-state index < -0.39 is 0 Å². The van der Waals surface area contributed by atoms with Gasteiger partial charge in [-0.3, -0.25) is 4.90 Å². The van der Waals surface area contributed by atoms with E-state index in [0.29, 0.717) is 11.3 Å². The zero-order valence-corrected chi connectivity index (χ0v) is 11.5. The Morgan fingerprint density at radius 1 is 1.59 bits per heavy atom. The summed E-state index contributed by atoms with van der Waals surface area (Å²) in [4.78, 5) is 10.3. The molecular weight excluding hydrogens is 259 g/mol. The van der Waals surface area contributed by atoms with Crippen LogP contribution in [-0.4, -0.2) is 41.0 Å². The summed E-state index contributed by atoms with van der Waals surface area (Å²) >= 11 is 5.75. The predicted molar refractivity (Wildman–Crippen MR) is 71.6 cm³/mol. The van der Waals surface area contributed by atoms with Crippen molar-refractivity contribution in [1.82, 2.24) is 20.2 Å². The topological polar surface area (TPSA) is 41.1 Å². The highest BCUT2D eigenvalue weighted by atomic mass is 35.5. The Morgan fingerprint density at radius 2 is 2.41 bits per heavy atom. The second-order valence-corrected chi connectivity index (χ2v) is 4.65. The molecule has 17 heavy (non-hydrogen) atoms. The highest BCUT2D eigenvalue weighted by molar-refractivity contribution is 6.28. The summed E-state index contributed by atoms with van der Waals surface area (Å²) in [6.07, 6.45) is 4.26. The third-order valence-electron chi connectivity index (χ3n) is 2.81. The lowest BCUT2D eigenvalue weighted by Crippen LogP contribution is -2.35. The molecule has 1 atom stereocenters. The third kappa shape index (κ3) is 4.76. The van der Waals surface area contributed by atoms with E-state index in [9.17, 15) is 0 Å². The van der Waals surface area contributed by atoms with E-state index in [-0.39, 0.29) is 12.4 Å². The van der Waals surface area contributed by atoms with Crippen LogP contribution in [0, 0.1) is 0 Å². The van der Waals surface area contributed by atoms with Crippen LogP contribution in [0.1, 0.15) is 18.5 Å². The average molecular weight is 277 g/mol. The molecule has 0 aliphatic carbocycles. The largest absolute Gasteiger partial charge is 0.313 e. The van der Waals surface area contributed by atoms with Crippen molar-refractivity contribution in [3.05, 3.63) is 23.2 Å². The molecule has 1 unspecified atom stereocenters. The summed E-state index contributed by atoms with van der Waals surface area (Å²) in [5.41, 5.74) is 0.973. The van der Waals surface area contributed by atoms with Gasteiger partial charge in [0.2, 0.25) is 5.28 Å². The first-order valence-electron chi connectivity index (χ1n) is 5.63. The molecule has 2 rings (SSSR count). The zero-order valence-electron chi connectivity index (χ0n) is 9.90. The Labute approximate surface area is 113 Å². The van der Waals surface area contributed by atoms with Gasteiger partial charge in [0.1, 0.15) is 0 Å². The van der Waals surface area contributed by atoms with Crippen molar-refractivity contribution >= 4 is 24.0 Å². The molecule has 0 aromatic carbocycles. The van der Waals surface area contributed by atoms with Crippen molar-refractivity contribution in [1.29, 1.82) is 0 Å². The van der Waals surface area contributed by atoms with Gasteiger partial charge in [-0.15, -0.1) is 12.4 Å². The molecule has 1 N–H and O–H groups in total. The first kappa shape index (κ1) is 14.6. The molecular formula is C11H18Cl2N4. The van der Waals surface area contributed by atoms with E-state index in [2.05, 4.69) is 27.2 Å². The summed E-state index contributed by atoms with van der Waals surface area (Å²) in [5, 5.41) is 3.81. The Morgan fingerprint density at radius 3 is 3.06 bits per heavy atom. The van der Waals surface area contributed by atoms with Crippen LogP contribution < -0.4 is 5.32 Å². The lowest BCUT2D eigenvalue weighted by molar-refractivity contribution is 0.290. The van der Waals surface area contributed by atoms with Crippen molar-refractivity contribution in [3.63, 3.8) is 0 Å². The van der Waals surface area contributed by atoms with E-state index in [1.54, 1.807) is 6.20 Å². The molecule has 1 aliphatic heterocycles.